The molecule has 0 aromatic heterocycles. The molecule has 1 N–H and O–H groups in total. The molecule has 0 radical (unpaired) electrons. The fourth-order valence-electron chi connectivity index (χ4n) is 3.86. The zero-order valence-corrected chi connectivity index (χ0v) is 12.8. The van der Waals surface area contributed by atoms with Gasteiger partial charge in [0, 0.05) is 25.2 Å². The highest BCUT2D eigenvalue weighted by Gasteiger charge is 2.41. The highest BCUT2D eigenvalue weighted by Crippen LogP contribution is 2.33. The molecule has 0 spiro atoms. The number of nitrogens with zero attached hydrogens (tertiary/aromatic N) is 1. The van der Waals surface area contributed by atoms with E-state index >= 15 is 0 Å². The SMILES string of the molecule is CNC1CCCC(N2CC(C)(C)OC(C)(C)C2)C1. The first-order valence-corrected chi connectivity index (χ1v) is 7.43. The molecule has 0 aromatic rings. The Labute approximate surface area is 112 Å². The van der Waals surface area contributed by atoms with Crippen molar-refractivity contribution in [3.63, 3.8) is 0 Å². The molecule has 18 heavy (non-hydrogen) atoms. The second-order valence-electron chi connectivity index (χ2n) is 7.33. The molecular formula is C15H30N2O. The number of hydrogen-bond acceptors (Lipinski definition) is 3. The number of ether oxygens (including phenoxy) is 1. The molecule has 0 amide bonds. The van der Waals surface area contributed by atoms with Crippen molar-refractivity contribution in [3.8, 4) is 0 Å². The monoisotopic (exact) mass is 254 g/mol. The lowest BCUT2D eigenvalue weighted by atomic mass is 9.87. The molecule has 106 valence electrons. The van der Waals surface area contributed by atoms with Gasteiger partial charge in [0.2, 0.25) is 0 Å². The van der Waals surface area contributed by atoms with Gasteiger partial charge in [0.25, 0.3) is 0 Å². The Kier molecular flexibility index (Phi) is 4.05. The van der Waals surface area contributed by atoms with Gasteiger partial charge in [-0.15, -0.1) is 0 Å². The highest BCUT2D eigenvalue weighted by molar-refractivity contribution is 4.94. The van der Waals surface area contributed by atoms with Crippen molar-refractivity contribution in [1.29, 1.82) is 0 Å². The minimum atomic E-state index is -0.0195. The maximum Gasteiger partial charge on any atom is 0.0760 e. The quantitative estimate of drug-likeness (QED) is 0.819. The Morgan fingerprint density at radius 1 is 1.06 bits per heavy atom. The average molecular weight is 254 g/mol. The van der Waals surface area contributed by atoms with Crippen molar-refractivity contribution < 1.29 is 4.74 Å². The van der Waals surface area contributed by atoms with Crippen LogP contribution in [0.25, 0.3) is 0 Å². The van der Waals surface area contributed by atoms with Crippen LogP contribution in [0.15, 0.2) is 0 Å². The molecule has 1 heterocycles. The van der Waals surface area contributed by atoms with Crippen molar-refractivity contribution in [2.45, 2.75) is 76.7 Å². The highest BCUT2D eigenvalue weighted by atomic mass is 16.5. The van der Waals surface area contributed by atoms with Gasteiger partial charge in [-0.25, -0.2) is 0 Å². The van der Waals surface area contributed by atoms with Gasteiger partial charge in [0.15, 0.2) is 0 Å². The molecule has 2 atom stereocenters. The molecule has 0 aromatic carbocycles. The van der Waals surface area contributed by atoms with E-state index in [-0.39, 0.29) is 11.2 Å². The smallest absolute Gasteiger partial charge is 0.0760 e. The fraction of sp³-hybridized carbons (Fsp3) is 1.00. The first kappa shape index (κ1) is 14.3. The Morgan fingerprint density at radius 3 is 2.22 bits per heavy atom. The van der Waals surface area contributed by atoms with E-state index in [2.05, 4.69) is 45.0 Å². The lowest BCUT2D eigenvalue weighted by Crippen LogP contribution is -2.60. The summed E-state index contributed by atoms with van der Waals surface area (Å²) in [6, 6.07) is 1.44. The van der Waals surface area contributed by atoms with Gasteiger partial charge >= 0.3 is 0 Å². The summed E-state index contributed by atoms with van der Waals surface area (Å²) in [6.07, 6.45) is 5.34. The molecular weight excluding hydrogens is 224 g/mol. The van der Waals surface area contributed by atoms with E-state index in [9.17, 15) is 0 Å². The molecule has 2 aliphatic rings. The van der Waals surface area contributed by atoms with Gasteiger partial charge in [-0.05, 0) is 54.0 Å². The Balaban J connectivity index is 2.03. The van der Waals surface area contributed by atoms with E-state index in [0.717, 1.165) is 19.1 Å². The van der Waals surface area contributed by atoms with Crippen molar-refractivity contribution >= 4 is 0 Å². The van der Waals surface area contributed by atoms with Gasteiger partial charge < -0.3 is 10.1 Å². The second kappa shape index (κ2) is 5.10. The fourth-order valence-corrected chi connectivity index (χ4v) is 3.86. The first-order valence-electron chi connectivity index (χ1n) is 7.43. The summed E-state index contributed by atoms with van der Waals surface area (Å²) in [5.41, 5.74) is -0.0390. The lowest BCUT2D eigenvalue weighted by molar-refractivity contribution is -0.189. The number of hydrogen-bond donors (Lipinski definition) is 1. The van der Waals surface area contributed by atoms with Crippen LogP contribution in [0, 0.1) is 0 Å². The molecule has 3 heteroatoms. The van der Waals surface area contributed by atoms with Crippen molar-refractivity contribution in [2.24, 2.45) is 0 Å². The summed E-state index contributed by atoms with van der Waals surface area (Å²) in [7, 11) is 2.10. The zero-order valence-electron chi connectivity index (χ0n) is 12.8. The predicted octanol–water partition coefficient (Wildman–Crippen LogP) is 2.41. The van der Waals surface area contributed by atoms with Crippen LogP contribution in [0.4, 0.5) is 0 Å². The summed E-state index contributed by atoms with van der Waals surface area (Å²) in [6.45, 7) is 11.0. The predicted molar refractivity (Wildman–Crippen MR) is 75.9 cm³/mol. The van der Waals surface area contributed by atoms with Crippen LogP contribution < -0.4 is 5.32 Å². The lowest BCUT2D eigenvalue weighted by Gasteiger charge is -2.51. The van der Waals surface area contributed by atoms with E-state index in [1.807, 2.05) is 0 Å². The van der Waals surface area contributed by atoms with E-state index < -0.39 is 0 Å². The summed E-state index contributed by atoms with van der Waals surface area (Å²) < 4.78 is 6.18. The summed E-state index contributed by atoms with van der Waals surface area (Å²) >= 11 is 0. The van der Waals surface area contributed by atoms with Gasteiger partial charge in [0.05, 0.1) is 11.2 Å². The molecule has 1 saturated carbocycles. The Bertz CT molecular complexity index is 272. The number of nitrogens with one attached hydrogen (secondary N) is 1. The molecule has 1 aliphatic heterocycles. The van der Waals surface area contributed by atoms with Crippen molar-refractivity contribution in [2.75, 3.05) is 20.1 Å². The topological polar surface area (TPSA) is 24.5 Å². The van der Waals surface area contributed by atoms with Crippen LogP contribution in [-0.4, -0.2) is 48.3 Å². The van der Waals surface area contributed by atoms with Crippen molar-refractivity contribution in [1.82, 2.24) is 10.2 Å². The van der Waals surface area contributed by atoms with Crippen LogP contribution in [-0.2, 0) is 4.74 Å². The third kappa shape index (κ3) is 3.46. The molecule has 2 unspecified atom stereocenters. The zero-order chi connectivity index (χ0) is 13.4. The molecule has 2 fully saturated rings. The van der Waals surface area contributed by atoms with Crippen LogP contribution in [0.3, 0.4) is 0 Å². The first-order chi connectivity index (χ1) is 8.31. The van der Waals surface area contributed by atoms with Gasteiger partial charge in [-0.3, -0.25) is 4.90 Å². The second-order valence-corrected chi connectivity index (χ2v) is 7.33. The van der Waals surface area contributed by atoms with E-state index in [0.29, 0.717) is 6.04 Å². The molecule has 1 saturated heterocycles. The van der Waals surface area contributed by atoms with E-state index in [4.69, 9.17) is 4.74 Å². The number of morpholine rings is 1. The van der Waals surface area contributed by atoms with E-state index in [1.165, 1.54) is 25.7 Å². The van der Waals surface area contributed by atoms with Gasteiger partial charge in [-0.2, -0.15) is 0 Å². The summed E-state index contributed by atoms with van der Waals surface area (Å²) in [5.74, 6) is 0. The minimum absolute atomic E-state index is 0.0195. The third-order valence-electron chi connectivity index (χ3n) is 4.29. The maximum absolute atomic E-state index is 6.18. The summed E-state index contributed by atoms with van der Waals surface area (Å²) in [5, 5.41) is 3.46. The van der Waals surface area contributed by atoms with Gasteiger partial charge in [0.1, 0.15) is 0 Å². The van der Waals surface area contributed by atoms with Crippen LogP contribution in [0.2, 0.25) is 0 Å². The Hall–Kier alpha value is -0.120. The molecule has 0 bridgehead atoms. The van der Waals surface area contributed by atoms with Crippen LogP contribution in [0.5, 0.6) is 0 Å². The largest absolute Gasteiger partial charge is 0.367 e. The number of rotatable bonds is 2. The summed E-state index contributed by atoms with van der Waals surface area (Å²) in [4.78, 5) is 2.67. The Morgan fingerprint density at radius 2 is 1.67 bits per heavy atom. The molecule has 1 aliphatic carbocycles. The van der Waals surface area contributed by atoms with Gasteiger partial charge in [-0.1, -0.05) is 6.42 Å². The van der Waals surface area contributed by atoms with Crippen molar-refractivity contribution in [3.05, 3.63) is 0 Å². The maximum atomic E-state index is 6.18. The third-order valence-corrected chi connectivity index (χ3v) is 4.29. The van der Waals surface area contributed by atoms with E-state index in [1.54, 1.807) is 0 Å². The molecule has 3 nitrogen and oxygen atoms in total. The molecule has 2 rings (SSSR count). The van der Waals surface area contributed by atoms with Crippen LogP contribution >= 0.6 is 0 Å². The minimum Gasteiger partial charge on any atom is -0.367 e. The normalized spacial score (nSPS) is 36.5. The standard InChI is InChI=1S/C15H30N2O/c1-14(2)10-17(11-15(3,4)18-14)13-8-6-7-12(9-13)16-5/h12-13,16H,6-11H2,1-5H3. The average Bonchev–Trinajstić information content (AvgIpc) is 2.25. The van der Waals surface area contributed by atoms with Crippen LogP contribution in [0.1, 0.15) is 53.4 Å².